The van der Waals surface area contributed by atoms with Crippen molar-refractivity contribution in [3.05, 3.63) is 23.5 Å². The molecule has 0 bridgehead atoms. The predicted molar refractivity (Wildman–Crippen MR) is 61.6 cm³/mol. The van der Waals surface area contributed by atoms with Gasteiger partial charge < -0.3 is 9.72 Å². The molecule has 0 aliphatic rings. The van der Waals surface area contributed by atoms with Crippen molar-refractivity contribution >= 4 is 22.6 Å². The number of nitrogens with one attached hydrogen (secondary N) is 1. The highest BCUT2D eigenvalue weighted by Gasteiger charge is 2.10. The van der Waals surface area contributed by atoms with Crippen molar-refractivity contribution in [2.75, 3.05) is 7.11 Å². The molecule has 2 rings (SSSR count). The number of halogens is 1. The smallest absolute Gasteiger partial charge is 0.124 e. The van der Waals surface area contributed by atoms with E-state index in [0.717, 1.165) is 34.6 Å². The van der Waals surface area contributed by atoms with E-state index in [4.69, 9.17) is 16.3 Å². The summed E-state index contributed by atoms with van der Waals surface area (Å²) in [6.45, 7) is 2.09. The molecular weight excluding hydrogens is 212 g/mol. The molecule has 0 atom stereocenters. The van der Waals surface area contributed by atoms with Gasteiger partial charge in [0.2, 0.25) is 0 Å². The van der Waals surface area contributed by atoms with Crippen molar-refractivity contribution in [2.24, 2.45) is 0 Å². The molecule has 1 aromatic heterocycles. The summed E-state index contributed by atoms with van der Waals surface area (Å²) in [6, 6.07) is 3.92. The van der Waals surface area contributed by atoms with Gasteiger partial charge in [-0.1, -0.05) is 6.92 Å². The van der Waals surface area contributed by atoms with Crippen molar-refractivity contribution < 1.29 is 4.74 Å². The molecule has 80 valence electrons. The van der Waals surface area contributed by atoms with Gasteiger partial charge in [-0.3, -0.25) is 0 Å². The number of H-pyrrole nitrogens is 1. The largest absolute Gasteiger partial charge is 0.496 e. The van der Waals surface area contributed by atoms with Crippen LogP contribution in [0.1, 0.15) is 18.3 Å². The van der Waals surface area contributed by atoms with E-state index in [1.165, 1.54) is 0 Å². The molecule has 0 unspecified atom stereocenters. The zero-order valence-corrected chi connectivity index (χ0v) is 9.56. The molecule has 1 N–H and O–H groups in total. The zero-order chi connectivity index (χ0) is 10.8. The van der Waals surface area contributed by atoms with E-state index < -0.39 is 0 Å². The molecule has 0 amide bonds. The molecule has 1 heterocycles. The Labute approximate surface area is 93.4 Å². The molecule has 0 fully saturated rings. The van der Waals surface area contributed by atoms with Crippen molar-refractivity contribution in [3.8, 4) is 5.75 Å². The maximum absolute atomic E-state index is 5.74. The first-order valence-electron chi connectivity index (χ1n) is 4.90. The Bertz CT molecular complexity index is 479. The molecule has 0 aliphatic carbocycles. The number of rotatable bonds is 3. The third kappa shape index (κ3) is 1.67. The zero-order valence-electron chi connectivity index (χ0n) is 8.80. The van der Waals surface area contributed by atoms with E-state index in [-0.39, 0.29) is 0 Å². The topological polar surface area (TPSA) is 37.9 Å². The van der Waals surface area contributed by atoms with Gasteiger partial charge in [0, 0.05) is 5.56 Å². The molecule has 0 spiro atoms. The summed E-state index contributed by atoms with van der Waals surface area (Å²) in [5.41, 5.74) is 3.11. The molecule has 0 radical (unpaired) electrons. The summed E-state index contributed by atoms with van der Waals surface area (Å²) in [6.07, 6.45) is 0.896. The molecule has 15 heavy (non-hydrogen) atoms. The maximum Gasteiger partial charge on any atom is 0.124 e. The fourth-order valence-corrected chi connectivity index (χ4v) is 1.89. The number of imidazole rings is 1. The minimum absolute atomic E-state index is 0.403. The number of aromatic amines is 1. The van der Waals surface area contributed by atoms with Gasteiger partial charge in [0.05, 0.1) is 24.0 Å². The average molecular weight is 225 g/mol. The van der Waals surface area contributed by atoms with Gasteiger partial charge in [0.1, 0.15) is 11.6 Å². The number of aryl methyl sites for hydroxylation is 1. The van der Waals surface area contributed by atoms with Crippen LogP contribution < -0.4 is 4.74 Å². The van der Waals surface area contributed by atoms with Crippen LogP contribution >= 0.6 is 11.6 Å². The Morgan fingerprint density at radius 2 is 2.27 bits per heavy atom. The molecule has 0 aliphatic heterocycles. The van der Waals surface area contributed by atoms with Crippen LogP contribution in [0.3, 0.4) is 0 Å². The lowest BCUT2D eigenvalue weighted by atomic mass is 10.1. The summed E-state index contributed by atoms with van der Waals surface area (Å²) in [5, 5.41) is 0. The van der Waals surface area contributed by atoms with E-state index in [1.807, 2.05) is 12.1 Å². The van der Waals surface area contributed by atoms with Crippen molar-refractivity contribution in [1.29, 1.82) is 0 Å². The number of methoxy groups -OCH3 is 1. The number of ether oxygens (including phenoxy) is 1. The number of benzene rings is 1. The normalized spacial score (nSPS) is 10.9. The standard InChI is InChI=1S/C11H13ClN2O/c1-3-7-9(15-2)5-4-8-11(7)14-10(6-12)13-8/h4-5H,3,6H2,1-2H3,(H,13,14). The predicted octanol–water partition coefficient (Wildman–Crippen LogP) is 2.87. The van der Waals surface area contributed by atoms with Gasteiger partial charge >= 0.3 is 0 Å². The summed E-state index contributed by atoms with van der Waals surface area (Å²) in [7, 11) is 1.68. The van der Waals surface area contributed by atoms with Crippen LogP contribution in [-0.4, -0.2) is 17.1 Å². The maximum atomic E-state index is 5.74. The van der Waals surface area contributed by atoms with Gasteiger partial charge in [0.15, 0.2) is 0 Å². The molecule has 3 nitrogen and oxygen atoms in total. The first-order chi connectivity index (χ1) is 7.30. The first-order valence-corrected chi connectivity index (χ1v) is 5.44. The lowest BCUT2D eigenvalue weighted by Crippen LogP contribution is -1.91. The van der Waals surface area contributed by atoms with Gasteiger partial charge in [-0.05, 0) is 18.6 Å². The second kappa shape index (κ2) is 4.11. The highest BCUT2D eigenvalue weighted by molar-refractivity contribution is 6.16. The Balaban J connectivity index is 2.69. The Morgan fingerprint density at radius 3 is 2.87 bits per heavy atom. The number of fused-ring (bicyclic) bond motifs is 1. The highest BCUT2D eigenvalue weighted by Crippen LogP contribution is 2.27. The van der Waals surface area contributed by atoms with Crippen molar-refractivity contribution in [1.82, 2.24) is 9.97 Å². The average Bonchev–Trinajstić information content (AvgIpc) is 2.70. The number of hydrogen-bond acceptors (Lipinski definition) is 2. The van der Waals surface area contributed by atoms with Crippen molar-refractivity contribution in [2.45, 2.75) is 19.2 Å². The monoisotopic (exact) mass is 224 g/mol. The summed E-state index contributed by atoms with van der Waals surface area (Å²) in [5.74, 6) is 2.09. The fourth-order valence-electron chi connectivity index (χ4n) is 1.76. The lowest BCUT2D eigenvalue weighted by molar-refractivity contribution is 0.411. The Morgan fingerprint density at radius 1 is 1.47 bits per heavy atom. The van der Waals surface area contributed by atoms with Gasteiger partial charge in [0.25, 0.3) is 0 Å². The van der Waals surface area contributed by atoms with Crippen LogP contribution in [0.4, 0.5) is 0 Å². The van der Waals surface area contributed by atoms with Crippen LogP contribution in [0.15, 0.2) is 12.1 Å². The molecule has 0 saturated heterocycles. The Hall–Kier alpha value is -1.22. The van der Waals surface area contributed by atoms with Crippen molar-refractivity contribution in [3.63, 3.8) is 0 Å². The van der Waals surface area contributed by atoms with Crippen LogP contribution in [0.25, 0.3) is 11.0 Å². The van der Waals surface area contributed by atoms with E-state index in [2.05, 4.69) is 16.9 Å². The third-order valence-corrected chi connectivity index (χ3v) is 2.72. The second-order valence-electron chi connectivity index (χ2n) is 3.31. The first kappa shape index (κ1) is 10.3. The van der Waals surface area contributed by atoms with E-state index >= 15 is 0 Å². The summed E-state index contributed by atoms with van der Waals surface area (Å²) < 4.78 is 5.30. The lowest BCUT2D eigenvalue weighted by Gasteiger charge is -2.06. The van der Waals surface area contributed by atoms with Gasteiger partial charge in [-0.25, -0.2) is 4.98 Å². The van der Waals surface area contributed by atoms with Crippen LogP contribution in [0, 0.1) is 0 Å². The molecule has 4 heteroatoms. The summed E-state index contributed by atoms with van der Waals surface area (Å²) >= 11 is 5.74. The van der Waals surface area contributed by atoms with Crippen LogP contribution in [0.2, 0.25) is 0 Å². The quantitative estimate of drug-likeness (QED) is 0.815. The van der Waals surface area contributed by atoms with Gasteiger partial charge in [-0.15, -0.1) is 11.6 Å². The molecule has 1 aromatic carbocycles. The SMILES string of the molecule is CCc1c(OC)ccc2[nH]c(CCl)nc12. The number of alkyl halides is 1. The fraction of sp³-hybridized carbons (Fsp3) is 0.364. The van der Waals surface area contributed by atoms with E-state index in [9.17, 15) is 0 Å². The third-order valence-electron chi connectivity index (χ3n) is 2.47. The molecular formula is C11H13ClN2O. The Kier molecular flexibility index (Phi) is 2.82. The number of hydrogen-bond donors (Lipinski definition) is 1. The summed E-state index contributed by atoms with van der Waals surface area (Å²) in [4.78, 5) is 7.62. The number of nitrogens with zero attached hydrogens (tertiary/aromatic N) is 1. The number of aromatic nitrogens is 2. The highest BCUT2D eigenvalue weighted by atomic mass is 35.5. The minimum Gasteiger partial charge on any atom is -0.496 e. The van der Waals surface area contributed by atoms with Gasteiger partial charge in [-0.2, -0.15) is 0 Å². The van der Waals surface area contributed by atoms with Crippen LogP contribution in [0.5, 0.6) is 5.75 Å². The van der Waals surface area contributed by atoms with E-state index in [1.54, 1.807) is 7.11 Å². The molecule has 0 saturated carbocycles. The van der Waals surface area contributed by atoms with E-state index in [0.29, 0.717) is 5.88 Å². The molecule has 2 aromatic rings. The van der Waals surface area contributed by atoms with Crippen LogP contribution in [-0.2, 0) is 12.3 Å². The second-order valence-corrected chi connectivity index (χ2v) is 3.58. The minimum atomic E-state index is 0.403.